The van der Waals surface area contributed by atoms with Crippen LogP contribution in [0, 0.1) is 0 Å². The van der Waals surface area contributed by atoms with Gasteiger partial charge in [0.15, 0.2) is 11.9 Å². The quantitative estimate of drug-likeness (QED) is 0.309. The molecule has 2 heterocycles. The summed E-state index contributed by atoms with van der Waals surface area (Å²) in [6.07, 6.45) is -0.966. The molecule has 0 bridgehead atoms. The first-order valence-electron chi connectivity index (χ1n) is 9.76. The fraction of sp³-hybridized carbons (Fsp3) is 0.160. The second-order valence-electron chi connectivity index (χ2n) is 7.16. The first-order valence-corrected chi connectivity index (χ1v) is 9.76. The van der Waals surface area contributed by atoms with Gasteiger partial charge in [-0.3, -0.25) is 4.79 Å². The molecule has 0 saturated carbocycles. The Balaban J connectivity index is 1.37. The number of rotatable bonds is 7. The molecule has 5 nitrogen and oxygen atoms in total. The second-order valence-corrected chi connectivity index (χ2v) is 7.16. The maximum absolute atomic E-state index is 13.2. The number of hydrogen-bond donors (Lipinski definition) is 0. The Hall–Kier alpha value is -3.57. The summed E-state index contributed by atoms with van der Waals surface area (Å²) in [6.45, 7) is 0.354. The Bertz CT molecular complexity index is 1160. The van der Waals surface area contributed by atoms with Crippen molar-refractivity contribution in [3.05, 3.63) is 95.7 Å². The molecular formula is C25H20O5. The van der Waals surface area contributed by atoms with Gasteiger partial charge in [-0.05, 0) is 29.8 Å². The number of ketones is 1. The Morgan fingerprint density at radius 3 is 2.57 bits per heavy atom. The summed E-state index contributed by atoms with van der Waals surface area (Å²) in [5, 5.41) is 0.991. The zero-order valence-electron chi connectivity index (χ0n) is 16.4. The molecule has 4 aromatic rings. The van der Waals surface area contributed by atoms with Crippen molar-refractivity contribution in [1.29, 1.82) is 0 Å². The van der Waals surface area contributed by atoms with Crippen LogP contribution in [0.4, 0.5) is 0 Å². The third-order valence-electron chi connectivity index (χ3n) is 5.17. The van der Waals surface area contributed by atoms with E-state index in [-0.39, 0.29) is 11.9 Å². The number of carbonyl (C=O) groups is 1. The molecule has 5 rings (SSSR count). The maximum atomic E-state index is 13.2. The van der Waals surface area contributed by atoms with Crippen LogP contribution in [0.25, 0.3) is 11.0 Å². The third-order valence-corrected chi connectivity index (χ3v) is 5.17. The van der Waals surface area contributed by atoms with Gasteiger partial charge in [0, 0.05) is 11.5 Å². The number of benzene rings is 3. The highest BCUT2D eigenvalue weighted by Crippen LogP contribution is 2.44. The number of furan rings is 1. The zero-order chi connectivity index (χ0) is 20.5. The number of epoxide rings is 1. The van der Waals surface area contributed by atoms with E-state index in [0.29, 0.717) is 29.4 Å². The van der Waals surface area contributed by atoms with E-state index in [0.717, 1.165) is 16.5 Å². The van der Waals surface area contributed by atoms with Gasteiger partial charge < -0.3 is 18.6 Å². The normalized spacial score (nSPS) is 17.6. The SMILES string of the molecule is COc1ccc(C(=O)[C@H]2O[C@H]2c2cc3ccccc3o2)c(OCc2ccccc2)c1. The summed E-state index contributed by atoms with van der Waals surface area (Å²) in [5.74, 6) is 1.63. The molecule has 1 aromatic heterocycles. The van der Waals surface area contributed by atoms with Gasteiger partial charge in [-0.2, -0.15) is 0 Å². The number of methoxy groups -OCH3 is 1. The minimum Gasteiger partial charge on any atom is -0.497 e. The van der Waals surface area contributed by atoms with Crippen molar-refractivity contribution in [3.8, 4) is 11.5 Å². The van der Waals surface area contributed by atoms with Gasteiger partial charge in [0.25, 0.3) is 0 Å². The standard InChI is InChI=1S/C25H20O5/c1-27-18-11-12-19(21(14-18)28-15-16-7-3-2-4-8-16)23(26)25-24(30-25)22-13-17-9-5-6-10-20(17)29-22/h2-14,24-25H,15H2,1H3/t24-,25+/m0/s1. The monoisotopic (exact) mass is 400 g/mol. The molecule has 1 aliphatic rings. The van der Waals surface area contributed by atoms with Crippen molar-refractivity contribution in [2.24, 2.45) is 0 Å². The molecule has 1 saturated heterocycles. The largest absolute Gasteiger partial charge is 0.497 e. The topological polar surface area (TPSA) is 61.2 Å². The highest BCUT2D eigenvalue weighted by molar-refractivity contribution is 6.03. The van der Waals surface area contributed by atoms with E-state index in [9.17, 15) is 4.79 Å². The van der Waals surface area contributed by atoms with Crippen LogP contribution in [-0.2, 0) is 11.3 Å². The van der Waals surface area contributed by atoms with Crippen LogP contribution < -0.4 is 9.47 Å². The average Bonchev–Trinajstić information content (AvgIpc) is 3.48. The summed E-state index contributed by atoms with van der Waals surface area (Å²) >= 11 is 0. The lowest BCUT2D eigenvalue weighted by Gasteiger charge is -2.12. The highest BCUT2D eigenvalue weighted by Gasteiger charge is 2.49. The molecule has 0 radical (unpaired) electrons. The van der Waals surface area contributed by atoms with Crippen molar-refractivity contribution in [1.82, 2.24) is 0 Å². The average molecular weight is 400 g/mol. The lowest BCUT2D eigenvalue weighted by atomic mass is 10.0. The Kier molecular flexibility index (Phi) is 4.73. The van der Waals surface area contributed by atoms with E-state index in [4.69, 9.17) is 18.6 Å². The number of para-hydroxylation sites is 1. The van der Waals surface area contributed by atoms with Gasteiger partial charge in [-0.1, -0.05) is 48.5 Å². The molecule has 1 fully saturated rings. The molecule has 0 N–H and O–H groups in total. The summed E-state index contributed by atoms with van der Waals surface area (Å²) in [7, 11) is 1.58. The Morgan fingerprint density at radius 1 is 0.967 bits per heavy atom. The zero-order valence-corrected chi connectivity index (χ0v) is 16.4. The smallest absolute Gasteiger partial charge is 0.198 e. The first kappa shape index (κ1) is 18.5. The van der Waals surface area contributed by atoms with E-state index >= 15 is 0 Å². The highest BCUT2D eigenvalue weighted by atomic mass is 16.6. The van der Waals surface area contributed by atoms with Crippen LogP contribution in [0.3, 0.4) is 0 Å². The van der Waals surface area contributed by atoms with Gasteiger partial charge in [0.05, 0.1) is 12.7 Å². The van der Waals surface area contributed by atoms with E-state index in [1.54, 1.807) is 25.3 Å². The third kappa shape index (κ3) is 3.55. The molecule has 5 heteroatoms. The minimum atomic E-state index is -0.585. The van der Waals surface area contributed by atoms with E-state index in [2.05, 4.69) is 0 Å². The van der Waals surface area contributed by atoms with Crippen molar-refractivity contribution in [3.63, 3.8) is 0 Å². The van der Waals surface area contributed by atoms with E-state index in [1.807, 2.05) is 60.7 Å². The molecule has 0 aliphatic carbocycles. The van der Waals surface area contributed by atoms with Crippen LogP contribution in [0.15, 0.2) is 83.3 Å². The fourth-order valence-electron chi connectivity index (χ4n) is 3.51. The lowest BCUT2D eigenvalue weighted by Crippen LogP contribution is -2.11. The predicted octanol–water partition coefficient (Wildman–Crippen LogP) is 5.34. The summed E-state index contributed by atoms with van der Waals surface area (Å²) in [6, 6.07) is 24.7. The minimum absolute atomic E-state index is 0.133. The van der Waals surface area contributed by atoms with Crippen molar-refractivity contribution < 1.29 is 23.4 Å². The van der Waals surface area contributed by atoms with Gasteiger partial charge in [0.1, 0.15) is 35.6 Å². The molecule has 2 atom stereocenters. The maximum Gasteiger partial charge on any atom is 0.198 e. The van der Waals surface area contributed by atoms with Crippen LogP contribution in [0.2, 0.25) is 0 Å². The summed E-state index contributed by atoms with van der Waals surface area (Å²) in [4.78, 5) is 13.2. The van der Waals surface area contributed by atoms with Crippen LogP contribution in [0.1, 0.15) is 27.8 Å². The summed E-state index contributed by atoms with van der Waals surface area (Å²) in [5.41, 5.74) is 2.27. The van der Waals surface area contributed by atoms with Gasteiger partial charge >= 0.3 is 0 Å². The predicted molar refractivity (Wildman–Crippen MR) is 112 cm³/mol. The molecule has 0 unspecified atom stereocenters. The first-order chi connectivity index (χ1) is 14.7. The van der Waals surface area contributed by atoms with Crippen molar-refractivity contribution in [2.45, 2.75) is 18.8 Å². The molecule has 1 aliphatic heterocycles. The van der Waals surface area contributed by atoms with Gasteiger partial charge in [-0.15, -0.1) is 0 Å². The van der Waals surface area contributed by atoms with Crippen LogP contribution in [0.5, 0.6) is 11.5 Å². The van der Waals surface area contributed by atoms with Crippen LogP contribution in [-0.4, -0.2) is 19.0 Å². The lowest BCUT2D eigenvalue weighted by molar-refractivity contribution is 0.0949. The van der Waals surface area contributed by atoms with Crippen molar-refractivity contribution >= 4 is 16.8 Å². The summed E-state index contributed by atoms with van der Waals surface area (Å²) < 4.78 is 22.8. The Labute approximate surface area is 173 Å². The molecule has 3 aromatic carbocycles. The fourth-order valence-corrected chi connectivity index (χ4v) is 3.51. The molecule has 30 heavy (non-hydrogen) atoms. The number of hydrogen-bond acceptors (Lipinski definition) is 5. The molecule has 150 valence electrons. The molecule has 0 amide bonds. The van der Waals surface area contributed by atoms with Gasteiger partial charge in [0.2, 0.25) is 0 Å². The molecule has 0 spiro atoms. The second kappa shape index (κ2) is 7.69. The van der Waals surface area contributed by atoms with E-state index in [1.165, 1.54) is 0 Å². The number of carbonyl (C=O) groups excluding carboxylic acids is 1. The number of fused-ring (bicyclic) bond motifs is 1. The van der Waals surface area contributed by atoms with Gasteiger partial charge in [-0.25, -0.2) is 0 Å². The Morgan fingerprint density at radius 2 is 1.77 bits per heavy atom. The van der Waals surface area contributed by atoms with E-state index < -0.39 is 6.10 Å². The number of ether oxygens (including phenoxy) is 3. The molecular weight excluding hydrogens is 380 g/mol. The van der Waals surface area contributed by atoms with Crippen molar-refractivity contribution in [2.75, 3.05) is 7.11 Å². The van der Waals surface area contributed by atoms with Crippen LogP contribution >= 0.6 is 0 Å². The number of Topliss-reactive ketones (excluding diaryl/α,β-unsaturated/α-hetero) is 1.